The number of benzene rings is 2. The molecule has 196 valence electrons. The first-order valence-corrected chi connectivity index (χ1v) is 13.0. The molecule has 4 heterocycles. The van der Waals surface area contributed by atoms with Crippen molar-refractivity contribution in [1.29, 1.82) is 0 Å². The van der Waals surface area contributed by atoms with Crippen molar-refractivity contribution in [3.8, 4) is 23.0 Å². The van der Waals surface area contributed by atoms with Crippen molar-refractivity contribution in [3.63, 3.8) is 0 Å². The lowest BCUT2D eigenvalue weighted by Crippen LogP contribution is -2.05. The predicted molar refractivity (Wildman–Crippen MR) is 152 cm³/mol. The first-order chi connectivity index (χ1) is 19.2. The Labute approximate surface area is 225 Å². The molecule has 0 bridgehead atoms. The molecule has 39 heavy (non-hydrogen) atoms. The third-order valence-corrected chi connectivity index (χ3v) is 6.44. The number of ether oxygens (including phenoxy) is 4. The molecule has 0 amide bonds. The summed E-state index contributed by atoms with van der Waals surface area (Å²) in [5.74, 6) is 2.93. The van der Waals surface area contributed by atoms with Gasteiger partial charge in [-0.25, -0.2) is 0 Å². The molecular formula is C31H28N4O4. The molecule has 0 saturated heterocycles. The van der Waals surface area contributed by atoms with Crippen LogP contribution in [0.2, 0.25) is 0 Å². The van der Waals surface area contributed by atoms with Gasteiger partial charge in [-0.3, -0.25) is 19.9 Å². The van der Waals surface area contributed by atoms with E-state index in [2.05, 4.69) is 26.9 Å². The van der Waals surface area contributed by atoms with Gasteiger partial charge >= 0.3 is 0 Å². The van der Waals surface area contributed by atoms with Gasteiger partial charge in [-0.15, -0.1) is 0 Å². The Hall–Kier alpha value is -4.72. The molecule has 6 rings (SSSR count). The summed E-state index contributed by atoms with van der Waals surface area (Å²) in [6.45, 7) is 3.77. The molecule has 8 nitrogen and oxygen atoms in total. The fourth-order valence-corrected chi connectivity index (χ4v) is 4.51. The van der Waals surface area contributed by atoms with Crippen molar-refractivity contribution in [2.45, 2.75) is 19.8 Å². The van der Waals surface area contributed by atoms with E-state index in [1.807, 2.05) is 48.5 Å². The molecule has 8 heteroatoms. The number of hydrogen-bond acceptors (Lipinski definition) is 8. The molecule has 0 fully saturated rings. The summed E-state index contributed by atoms with van der Waals surface area (Å²) in [7, 11) is 1.63. The Morgan fingerprint density at radius 3 is 1.26 bits per heavy atom. The van der Waals surface area contributed by atoms with Crippen LogP contribution in [-0.2, 0) is 0 Å². The minimum absolute atomic E-state index is 0.508. The van der Waals surface area contributed by atoms with Crippen molar-refractivity contribution in [2.75, 3.05) is 26.9 Å². The van der Waals surface area contributed by atoms with Gasteiger partial charge in [-0.2, -0.15) is 0 Å². The van der Waals surface area contributed by atoms with Crippen LogP contribution in [0, 0.1) is 0 Å². The van der Waals surface area contributed by atoms with E-state index >= 15 is 0 Å². The maximum absolute atomic E-state index is 5.95. The summed E-state index contributed by atoms with van der Waals surface area (Å²) in [5.41, 5.74) is 3.37. The fraction of sp³-hybridized carbons (Fsp3) is 0.226. The maximum Gasteiger partial charge on any atom is 0.138 e. The highest BCUT2D eigenvalue weighted by molar-refractivity contribution is 6.04. The van der Waals surface area contributed by atoms with Gasteiger partial charge in [-0.05, 0) is 30.7 Å². The van der Waals surface area contributed by atoms with Crippen LogP contribution in [-0.4, -0.2) is 46.9 Å². The van der Waals surface area contributed by atoms with Gasteiger partial charge in [0.2, 0.25) is 0 Å². The van der Waals surface area contributed by atoms with Crippen LogP contribution in [0.5, 0.6) is 23.0 Å². The minimum atomic E-state index is 0.508. The van der Waals surface area contributed by atoms with Crippen LogP contribution in [0.3, 0.4) is 0 Å². The summed E-state index contributed by atoms with van der Waals surface area (Å²) in [5, 5.41) is 3.94. The van der Waals surface area contributed by atoms with E-state index in [1.54, 1.807) is 31.9 Å². The van der Waals surface area contributed by atoms with E-state index in [1.165, 1.54) is 0 Å². The Kier molecular flexibility index (Phi) is 6.91. The normalized spacial score (nSPS) is 11.3. The SMILES string of the molecule is CCCOc1cnc2c(ccc3cc(OCCCOc4cnc5c(ccc6cc(OC)cnc65)c4)cnc32)c1. The van der Waals surface area contributed by atoms with Crippen molar-refractivity contribution < 1.29 is 18.9 Å². The molecule has 6 aromatic rings. The quantitative estimate of drug-likeness (QED) is 0.149. The van der Waals surface area contributed by atoms with E-state index < -0.39 is 0 Å². The van der Waals surface area contributed by atoms with E-state index in [4.69, 9.17) is 18.9 Å². The number of nitrogens with zero attached hydrogens (tertiary/aromatic N) is 4. The van der Waals surface area contributed by atoms with Crippen LogP contribution in [0.1, 0.15) is 19.8 Å². The number of hydrogen-bond donors (Lipinski definition) is 0. The van der Waals surface area contributed by atoms with Crippen LogP contribution >= 0.6 is 0 Å². The fourth-order valence-electron chi connectivity index (χ4n) is 4.51. The second-order valence-electron chi connectivity index (χ2n) is 9.21. The summed E-state index contributed by atoms with van der Waals surface area (Å²) < 4.78 is 22.9. The summed E-state index contributed by atoms with van der Waals surface area (Å²) in [4.78, 5) is 18.3. The zero-order valence-corrected chi connectivity index (χ0v) is 21.9. The lowest BCUT2D eigenvalue weighted by molar-refractivity contribution is 0.247. The maximum atomic E-state index is 5.95. The van der Waals surface area contributed by atoms with Gasteiger partial charge in [0.15, 0.2) is 0 Å². The monoisotopic (exact) mass is 520 g/mol. The lowest BCUT2D eigenvalue weighted by atomic mass is 10.1. The van der Waals surface area contributed by atoms with Gasteiger partial charge in [0.1, 0.15) is 23.0 Å². The van der Waals surface area contributed by atoms with Crippen LogP contribution in [0.15, 0.2) is 73.3 Å². The molecule has 0 atom stereocenters. The standard InChI is InChI=1S/C31H28N4O4/c1-3-9-37-25-13-21-7-8-23-15-27(19-35-31(23)30(21)33-17-25)39-11-4-10-38-26-14-22-6-5-20-12-24(36-2)16-32-28(20)29(22)34-18-26/h5-8,12-19H,3-4,9-11H2,1-2H3. The average molecular weight is 521 g/mol. The highest BCUT2D eigenvalue weighted by Crippen LogP contribution is 2.29. The van der Waals surface area contributed by atoms with E-state index in [-0.39, 0.29) is 0 Å². The van der Waals surface area contributed by atoms with E-state index in [0.717, 1.165) is 68.0 Å². The first kappa shape index (κ1) is 24.6. The molecule has 0 aliphatic rings. The van der Waals surface area contributed by atoms with Crippen LogP contribution in [0.25, 0.3) is 43.6 Å². The molecule has 0 saturated carbocycles. The van der Waals surface area contributed by atoms with Gasteiger partial charge in [0.05, 0.1) is 73.8 Å². The second kappa shape index (κ2) is 10.9. The number of methoxy groups -OCH3 is 1. The van der Waals surface area contributed by atoms with Crippen LogP contribution < -0.4 is 18.9 Å². The Morgan fingerprint density at radius 2 is 0.872 bits per heavy atom. The van der Waals surface area contributed by atoms with Gasteiger partial charge in [-0.1, -0.05) is 31.2 Å². The second-order valence-corrected chi connectivity index (χ2v) is 9.21. The molecule has 4 aromatic heterocycles. The zero-order valence-electron chi connectivity index (χ0n) is 21.9. The zero-order chi connectivity index (χ0) is 26.6. The number of rotatable bonds is 10. The molecule has 0 aliphatic heterocycles. The first-order valence-electron chi connectivity index (χ1n) is 13.0. The number of aromatic nitrogens is 4. The summed E-state index contributed by atoms with van der Waals surface area (Å²) in [6.07, 6.45) is 8.61. The van der Waals surface area contributed by atoms with Crippen molar-refractivity contribution in [3.05, 3.63) is 73.3 Å². The predicted octanol–water partition coefficient (Wildman–Crippen LogP) is 6.52. The Morgan fingerprint density at radius 1 is 0.513 bits per heavy atom. The largest absolute Gasteiger partial charge is 0.495 e. The topological polar surface area (TPSA) is 88.5 Å². The summed E-state index contributed by atoms with van der Waals surface area (Å²) in [6, 6.07) is 16.0. The molecule has 0 aliphatic carbocycles. The van der Waals surface area contributed by atoms with Crippen LogP contribution in [0.4, 0.5) is 0 Å². The van der Waals surface area contributed by atoms with E-state index in [9.17, 15) is 0 Å². The molecule has 0 unspecified atom stereocenters. The molecule has 0 spiro atoms. The molecule has 0 radical (unpaired) electrons. The van der Waals surface area contributed by atoms with Gasteiger partial charge < -0.3 is 18.9 Å². The third-order valence-electron chi connectivity index (χ3n) is 6.44. The van der Waals surface area contributed by atoms with Gasteiger partial charge in [0, 0.05) is 28.0 Å². The number of pyridine rings is 4. The summed E-state index contributed by atoms with van der Waals surface area (Å²) >= 11 is 0. The molecule has 0 N–H and O–H groups in total. The van der Waals surface area contributed by atoms with Crippen molar-refractivity contribution in [2.24, 2.45) is 0 Å². The average Bonchev–Trinajstić information content (AvgIpc) is 2.99. The Bertz CT molecular complexity index is 1790. The van der Waals surface area contributed by atoms with Gasteiger partial charge in [0.25, 0.3) is 0 Å². The highest BCUT2D eigenvalue weighted by Gasteiger charge is 2.08. The highest BCUT2D eigenvalue weighted by atomic mass is 16.5. The smallest absolute Gasteiger partial charge is 0.138 e. The van der Waals surface area contributed by atoms with E-state index in [0.29, 0.717) is 31.3 Å². The van der Waals surface area contributed by atoms with Crippen molar-refractivity contribution in [1.82, 2.24) is 19.9 Å². The lowest BCUT2D eigenvalue weighted by Gasteiger charge is -2.10. The number of fused-ring (bicyclic) bond motifs is 6. The molecule has 2 aromatic carbocycles. The Balaban J connectivity index is 1.06. The third kappa shape index (κ3) is 5.18. The molecular weight excluding hydrogens is 492 g/mol. The van der Waals surface area contributed by atoms with Crippen molar-refractivity contribution >= 4 is 43.6 Å². The minimum Gasteiger partial charge on any atom is -0.495 e.